The zero-order chi connectivity index (χ0) is 23.3. The van der Waals surface area contributed by atoms with Crippen LogP contribution in [0.3, 0.4) is 0 Å². The van der Waals surface area contributed by atoms with Crippen molar-refractivity contribution >= 4 is 46.9 Å². The van der Waals surface area contributed by atoms with E-state index in [0.717, 1.165) is 4.90 Å². The van der Waals surface area contributed by atoms with Crippen molar-refractivity contribution in [2.24, 2.45) is 0 Å². The van der Waals surface area contributed by atoms with Crippen LogP contribution < -0.4 is 19.7 Å². The van der Waals surface area contributed by atoms with Crippen molar-refractivity contribution in [2.75, 3.05) is 25.2 Å². The second-order valence-electron chi connectivity index (χ2n) is 6.41. The molecule has 1 heterocycles. The Labute approximate surface area is 188 Å². The fraction of sp³-hybridized carbons (Fsp3) is 0.182. The van der Waals surface area contributed by atoms with Crippen molar-refractivity contribution in [3.8, 4) is 11.5 Å². The van der Waals surface area contributed by atoms with Crippen LogP contribution in [0.15, 0.2) is 48.0 Å². The van der Waals surface area contributed by atoms with E-state index in [4.69, 9.17) is 26.4 Å². The van der Waals surface area contributed by atoms with E-state index in [0.29, 0.717) is 5.56 Å². The molecule has 1 fully saturated rings. The lowest BCUT2D eigenvalue weighted by atomic mass is 10.1. The average molecular weight is 458 g/mol. The SMILES string of the molecule is CCOC(=O)COc1ccc(/C=C2\C(=O)NC(=S)N(c3ccccc3F)C2=O)cc1OC. The van der Waals surface area contributed by atoms with Crippen LogP contribution in [0.2, 0.25) is 0 Å². The summed E-state index contributed by atoms with van der Waals surface area (Å²) in [4.78, 5) is 37.8. The van der Waals surface area contributed by atoms with Gasteiger partial charge in [0, 0.05) is 0 Å². The summed E-state index contributed by atoms with van der Waals surface area (Å²) in [6.45, 7) is 1.61. The molecule has 0 radical (unpaired) electrons. The van der Waals surface area contributed by atoms with Gasteiger partial charge in [-0.15, -0.1) is 0 Å². The first-order chi connectivity index (χ1) is 15.3. The highest BCUT2D eigenvalue weighted by Gasteiger charge is 2.35. The minimum atomic E-state index is -0.773. The number of carbonyl (C=O) groups excluding carboxylic acids is 3. The van der Waals surface area contributed by atoms with E-state index in [2.05, 4.69) is 5.32 Å². The molecule has 0 spiro atoms. The van der Waals surface area contributed by atoms with Crippen molar-refractivity contribution in [1.82, 2.24) is 5.32 Å². The molecule has 1 aliphatic heterocycles. The normalized spacial score (nSPS) is 14.9. The number of esters is 1. The van der Waals surface area contributed by atoms with E-state index in [1.165, 1.54) is 43.5 Å². The van der Waals surface area contributed by atoms with E-state index in [1.54, 1.807) is 19.1 Å². The Morgan fingerprint density at radius 1 is 1.19 bits per heavy atom. The molecule has 0 saturated carbocycles. The summed E-state index contributed by atoms with van der Waals surface area (Å²) in [5, 5.41) is 2.18. The summed E-state index contributed by atoms with van der Waals surface area (Å²) < 4.78 is 29.7. The average Bonchev–Trinajstić information content (AvgIpc) is 2.77. The molecule has 2 aromatic carbocycles. The van der Waals surface area contributed by atoms with Gasteiger partial charge in [0.25, 0.3) is 11.8 Å². The number of amides is 2. The molecule has 10 heteroatoms. The highest BCUT2D eigenvalue weighted by atomic mass is 32.1. The van der Waals surface area contributed by atoms with Crippen LogP contribution in [0.5, 0.6) is 11.5 Å². The Balaban J connectivity index is 1.90. The van der Waals surface area contributed by atoms with Gasteiger partial charge in [-0.1, -0.05) is 18.2 Å². The van der Waals surface area contributed by atoms with Gasteiger partial charge in [-0.05, 0) is 55.0 Å². The lowest BCUT2D eigenvalue weighted by Crippen LogP contribution is -2.54. The first-order valence-corrected chi connectivity index (χ1v) is 9.89. The van der Waals surface area contributed by atoms with Crippen molar-refractivity contribution in [2.45, 2.75) is 6.92 Å². The third kappa shape index (κ3) is 4.92. The number of nitrogens with one attached hydrogen (secondary N) is 1. The number of para-hydroxylation sites is 1. The number of thiocarbonyl (C=S) groups is 1. The van der Waals surface area contributed by atoms with Gasteiger partial charge in [0.2, 0.25) is 0 Å². The number of methoxy groups -OCH3 is 1. The summed E-state index contributed by atoms with van der Waals surface area (Å²) in [5.74, 6) is -2.14. The third-order valence-corrected chi connectivity index (χ3v) is 4.63. The summed E-state index contributed by atoms with van der Waals surface area (Å²) in [6.07, 6.45) is 1.32. The van der Waals surface area contributed by atoms with Gasteiger partial charge >= 0.3 is 5.97 Å². The van der Waals surface area contributed by atoms with Crippen LogP contribution in [-0.4, -0.2) is 43.2 Å². The van der Waals surface area contributed by atoms with Crippen molar-refractivity contribution in [3.05, 3.63) is 59.4 Å². The molecule has 1 aliphatic rings. The molecule has 0 unspecified atom stereocenters. The van der Waals surface area contributed by atoms with E-state index >= 15 is 0 Å². The molecule has 0 aromatic heterocycles. The zero-order valence-electron chi connectivity index (χ0n) is 17.2. The highest BCUT2D eigenvalue weighted by molar-refractivity contribution is 7.80. The largest absolute Gasteiger partial charge is 0.493 e. The van der Waals surface area contributed by atoms with E-state index < -0.39 is 23.6 Å². The number of hydrogen-bond donors (Lipinski definition) is 1. The highest BCUT2D eigenvalue weighted by Crippen LogP contribution is 2.30. The Morgan fingerprint density at radius 2 is 1.94 bits per heavy atom. The number of rotatable bonds is 7. The third-order valence-electron chi connectivity index (χ3n) is 4.34. The maximum atomic E-state index is 14.2. The molecule has 1 saturated heterocycles. The molecule has 3 rings (SSSR count). The van der Waals surface area contributed by atoms with Crippen LogP contribution in [-0.2, 0) is 19.1 Å². The minimum absolute atomic E-state index is 0.0753. The molecule has 0 aliphatic carbocycles. The van der Waals surface area contributed by atoms with Gasteiger partial charge in [0.1, 0.15) is 11.4 Å². The van der Waals surface area contributed by atoms with Crippen molar-refractivity contribution in [3.63, 3.8) is 0 Å². The first kappa shape index (κ1) is 22.9. The Morgan fingerprint density at radius 3 is 2.62 bits per heavy atom. The number of hydrogen-bond acceptors (Lipinski definition) is 7. The maximum absolute atomic E-state index is 14.2. The molecule has 0 atom stereocenters. The second-order valence-corrected chi connectivity index (χ2v) is 6.80. The Hall–Kier alpha value is -3.79. The molecule has 1 N–H and O–H groups in total. The predicted octanol–water partition coefficient (Wildman–Crippen LogP) is 2.61. The van der Waals surface area contributed by atoms with E-state index in [-0.39, 0.29) is 41.1 Å². The van der Waals surface area contributed by atoms with Crippen LogP contribution >= 0.6 is 12.2 Å². The lowest BCUT2D eigenvalue weighted by molar-refractivity contribution is -0.145. The quantitative estimate of drug-likeness (QED) is 0.295. The van der Waals surface area contributed by atoms with Gasteiger partial charge in [0.05, 0.1) is 19.4 Å². The number of halogens is 1. The van der Waals surface area contributed by atoms with Crippen molar-refractivity contribution in [1.29, 1.82) is 0 Å². The minimum Gasteiger partial charge on any atom is -0.493 e. The molecule has 32 heavy (non-hydrogen) atoms. The zero-order valence-corrected chi connectivity index (χ0v) is 18.0. The summed E-state index contributed by atoms with van der Waals surface area (Å²) in [6, 6.07) is 10.2. The molecular formula is C22H19FN2O6S. The Bertz CT molecular complexity index is 1120. The smallest absolute Gasteiger partial charge is 0.344 e. The number of anilines is 1. The summed E-state index contributed by atoms with van der Waals surface area (Å²) >= 11 is 5.07. The lowest BCUT2D eigenvalue weighted by Gasteiger charge is -2.29. The van der Waals surface area contributed by atoms with Crippen LogP contribution in [0.1, 0.15) is 12.5 Å². The Kier molecular flexibility index (Phi) is 7.16. The number of benzene rings is 2. The standard InChI is InChI=1S/C22H19FN2O6S/c1-3-30-19(26)12-31-17-9-8-13(11-18(17)29-2)10-14-20(27)24-22(32)25(21(14)28)16-7-5-4-6-15(16)23/h4-11H,3,12H2,1-2H3,(H,24,27,32)/b14-10+. The van der Waals surface area contributed by atoms with Crippen molar-refractivity contribution < 1.29 is 33.0 Å². The molecule has 2 amide bonds. The molecular weight excluding hydrogens is 439 g/mol. The van der Waals surface area contributed by atoms with Crippen LogP contribution in [0.4, 0.5) is 10.1 Å². The van der Waals surface area contributed by atoms with Gasteiger partial charge in [-0.25, -0.2) is 14.1 Å². The fourth-order valence-corrected chi connectivity index (χ4v) is 3.18. The summed E-state index contributed by atoms with van der Waals surface area (Å²) in [7, 11) is 1.40. The molecule has 8 nitrogen and oxygen atoms in total. The number of nitrogens with zero attached hydrogens (tertiary/aromatic N) is 1. The molecule has 0 bridgehead atoms. The second kappa shape index (κ2) is 10.0. The van der Waals surface area contributed by atoms with E-state index in [1.807, 2.05) is 0 Å². The maximum Gasteiger partial charge on any atom is 0.344 e. The topological polar surface area (TPSA) is 94.2 Å². The fourth-order valence-electron chi connectivity index (χ4n) is 2.91. The van der Waals surface area contributed by atoms with Gasteiger partial charge in [-0.2, -0.15) is 0 Å². The monoisotopic (exact) mass is 458 g/mol. The van der Waals surface area contributed by atoms with Crippen LogP contribution in [0, 0.1) is 5.82 Å². The van der Waals surface area contributed by atoms with E-state index in [9.17, 15) is 18.8 Å². The number of carbonyl (C=O) groups is 3. The molecule has 2 aromatic rings. The van der Waals surface area contributed by atoms with Gasteiger partial charge < -0.3 is 14.2 Å². The molecule has 166 valence electrons. The van der Waals surface area contributed by atoms with Crippen LogP contribution in [0.25, 0.3) is 6.08 Å². The first-order valence-electron chi connectivity index (χ1n) is 9.48. The van der Waals surface area contributed by atoms with Gasteiger partial charge in [-0.3, -0.25) is 14.9 Å². The van der Waals surface area contributed by atoms with Gasteiger partial charge in [0.15, 0.2) is 23.2 Å². The summed E-state index contributed by atoms with van der Waals surface area (Å²) in [5.41, 5.74) is 0.114. The predicted molar refractivity (Wildman–Crippen MR) is 118 cm³/mol. The number of ether oxygens (including phenoxy) is 3.